The van der Waals surface area contributed by atoms with E-state index in [4.69, 9.17) is 4.74 Å². The Bertz CT molecular complexity index is 7360. The van der Waals surface area contributed by atoms with Crippen molar-refractivity contribution in [2.45, 2.75) is 93.6 Å². The van der Waals surface area contributed by atoms with Crippen LogP contribution in [0.5, 0.6) is 5.88 Å². The van der Waals surface area contributed by atoms with Gasteiger partial charge in [-0.15, -0.1) is 0 Å². The summed E-state index contributed by atoms with van der Waals surface area (Å²) in [5.74, 6) is -2.23. The number of rotatable bonds is 14. The highest BCUT2D eigenvalue weighted by Gasteiger charge is 2.31. The number of sulfone groups is 6. The van der Waals surface area contributed by atoms with Crippen LogP contribution in [0.4, 0.5) is 5.69 Å². The third kappa shape index (κ3) is 27.2. The lowest BCUT2D eigenvalue weighted by molar-refractivity contribution is -0.121. The third-order valence-corrected chi connectivity index (χ3v) is 29.6. The van der Waals surface area contributed by atoms with E-state index in [-0.39, 0.29) is 43.3 Å². The Balaban J connectivity index is 0.000000150. The second kappa shape index (κ2) is 43.0. The largest absolute Gasteiger partial charge is 0.478 e. The van der Waals surface area contributed by atoms with Gasteiger partial charge in [-0.3, -0.25) is 34.5 Å². The zero-order chi connectivity index (χ0) is 96.3. The molecule has 0 saturated carbocycles. The Morgan fingerprint density at radius 3 is 1.32 bits per heavy atom. The molecule has 1 N–H and O–H groups in total. The first-order valence-electron chi connectivity index (χ1n) is 39.3. The van der Waals surface area contributed by atoms with Gasteiger partial charge >= 0.3 is 23.9 Å². The molecular weight excluding hydrogens is 2150 g/mol. The fraction of sp³-hybridized carbons (Fsp3) is 0.196. The summed E-state index contributed by atoms with van der Waals surface area (Å²) in [6, 6.07) is 47.1. The average molecular weight is 2230 g/mol. The quantitative estimate of drug-likeness (QED) is 0.0600. The van der Waals surface area contributed by atoms with Crippen molar-refractivity contribution in [3.8, 4) is 5.88 Å². The number of pyridine rings is 6. The molecule has 0 radical (unpaired) electrons. The first-order valence-corrected chi connectivity index (χ1v) is 54.6. The number of hydrogen-bond donors (Lipinski definition) is 1. The number of aromatic carboxylic acids is 1. The van der Waals surface area contributed by atoms with E-state index in [0.717, 1.165) is 120 Å². The molecule has 17 rings (SSSR count). The van der Waals surface area contributed by atoms with E-state index in [1.54, 1.807) is 91.0 Å². The zero-order valence-corrected chi connectivity index (χ0v) is 84.1. The molecule has 40 heteroatoms. The van der Waals surface area contributed by atoms with Crippen LogP contribution in [0.3, 0.4) is 0 Å². The highest BCUT2D eigenvalue weighted by atomic mass is 79.9. The number of carbonyl (C=O) groups excluding carboxylic acids is 5. The van der Waals surface area contributed by atoms with Gasteiger partial charge in [0.2, 0.25) is 5.88 Å². The lowest BCUT2D eigenvalue weighted by Crippen LogP contribution is -2.09. The first-order chi connectivity index (χ1) is 62.0. The number of aryl methyl sites for hydroxylation is 8. The molecule has 132 heavy (non-hydrogen) atoms. The van der Waals surface area contributed by atoms with Crippen molar-refractivity contribution in [3.05, 3.63) is 335 Å². The monoisotopic (exact) mass is 2220 g/mol. The molecule has 2 aliphatic heterocycles. The van der Waals surface area contributed by atoms with E-state index in [9.17, 15) is 84.4 Å². The number of anilines is 1. The minimum Gasteiger partial charge on any atom is -0.478 e. The van der Waals surface area contributed by atoms with Crippen LogP contribution in [0.15, 0.2) is 253 Å². The highest BCUT2D eigenvalue weighted by Crippen LogP contribution is 2.36. The number of benzene rings is 6. The van der Waals surface area contributed by atoms with Crippen LogP contribution >= 0.6 is 79.6 Å². The predicted molar refractivity (Wildman–Crippen MR) is 511 cm³/mol. The number of fused-ring (bicyclic) bond motifs is 8. The number of halogens is 5. The maximum Gasteiger partial charge on any atom is 0.346 e. The normalized spacial score (nSPS) is 13.7. The van der Waals surface area contributed by atoms with Gasteiger partial charge < -0.3 is 24.2 Å². The Hall–Kier alpha value is -10.9. The molecule has 8 heterocycles. The molecule has 5 aliphatic rings. The third-order valence-electron chi connectivity index (χ3n) is 20.6. The van der Waals surface area contributed by atoms with Gasteiger partial charge in [-0.1, -0.05) is 91.8 Å². The zero-order valence-electron chi connectivity index (χ0n) is 71.3. The van der Waals surface area contributed by atoms with Gasteiger partial charge in [0.25, 0.3) is 6.47 Å². The number of aromatic nitrogens is 6. The number of nitrogens with zero attached hydrogens (tertiary/aromatic N) is 7. The van der Waals surface area contributed by atoms with Crippen molar-refractivity contribution < 1.29 is 98.6 Å². The van der Waals surface area contributed by atoms with Gasteiger partial charge in [0.05, 0.1) is 63.0 Å². The number of hydrogen-bond acceptors (Lipinski definition) is 28. The fourth-order valence-electron chi connectivity index (χ4n) is 13.7. The van der Waals surface area contributed by atoms with Crippen molar-refractivity contribution in [2.75, 3.05) is 56.5 Å². The first kappa shape index (κ1) is 102. The van der Waals surface area contributed by atoms with E-state index < -0.39 is 82.9 Å². The van der Waals surface area contributed by atoms with E-state index in [0.29, 0.717) is 97.3 Å². The fourth-order valence-corrected chi connectivity index (χ4v) is 19.1. The van der Waals surface area contributed by atoms with Crippen LogP contribution in [-0.4, -0.2) is 173 Å². The standard InChI is InChI=1S/C17H20N2O2S.C15H10BrNO4S.C15H14BrNO4S.C15H12BrNO3S.C15H14BrNO2S.C8H3BrO3.C7H7NO4S/c1-19(2)15-6-4-12-8-14-10-16(22(3,20)21)11-18-17(14)7-5-13(12)9-15;1-22(19,20)11-4-3-10(17-8-11)7-14-13-6-9(16)2-5-12(13)15(18)21-14;1-22(20,21)13-6-5-12(17-9-13)4-2-10-8-11(16)3-7-14(10)15(18)19;1-21(19,20)11-7-13-14(17-8-11)5-2-9-6-10(16)3-4-12(9)15(13)18;1-20(18,19)14-8-12-6-10-2-4-13(16)7-11(10)3-5-15(12)17-9-14;9-4-1-2-5-6(3-4)8(11)12-7(5)10;1-13(10,11)6-2-3-7(8-4-6)12-5-9/h4,6,9-11H,5,7-8H2,1-3H3;2-8H,1H3;3,5-9H,2,4H2,1H3,(H,18,19);3-4,6-8H,2,5H2,1H3;2,4,7-9H,3,5-6H2,1H3;1-3H;2-5H,1H3/b;14-7-;;;;;. The van der Waals surface area contributed by atoms with Crippen molar-refractivity contribution >= 4 is 192 Å². The van der Waals surface area contributed by atoms with E-state index in [1.807, 2.05) is 32.3 Å². The highest BCUT2D eigenvalue weighted by molar-refractivity contribution is 9.11. The Morgan fingerprint density at radius 2 is 0.811 bits per heavy atom. The lowest BCUT2D eigenvalue weighted by atomic mass is 10.0. The van der Waals surface area contributed by atoms with Crippen LogP contribution in [0, 0.1) is 0 Å². The molecular formula is C92H80Br5N7O22S6. The summed E-state index contributed by atoms with van der Waals surface area (Å²) in [5.41, 5.74) is 17.0. The molecule has 0 unspecified atom stereocenters. The smallest absolute Gasteiger partial charge is 0.346 e. The summed E-state index contributed by atoms with van der Waals surface area (Å²) in [5, 5.41) is 9.18. The molecule has 0 spiro atoms. The predicted octanol–water partition coefficient (Wildman–Crippen LogP) is 15.2. The summed E-state index contributed by atoms with van der Waals surface area (Å²) in [6.45, 7) is 0.225. The number of cyclic esters (lactones) is 3. The SMILES string of the molecule is CN(C)c1ccc2c(c1)CCc1ncc(S(C)(=O)=O)cc1C2.CS(=O)(=O)c1ccc(/C=C2\OC(=O)c3ccc(Br)cc32)nc1.CS(=O)(=O)c1ccc(CCc2cc(Br)ccc2C(=O)O)nc1.CS(=O)(=O)c1ccc(OC=O)nc1.CS(=O)(=O)c1cnc2c(c1)C(=O)c1ccc(Br)cc1CC2.CS(=O)(=O)c1cnc2c(c1)Cc1ccc(Br)cc1CC2.O=C1OC(=O)c2cc(Br)ccc21. The Morgan fingerprint density at radius 1 is 0.386 bits per heavy atom. The van der Waals surface area contributed by atoms with Gasteiger partial charge in [-0.05, 0) is 254 Å². The van der Waals surface area contributed by atoms with Crippen molar-refractivity contribution in [2.24, 2.45) is 0 Å². The number of carboxylic acid groups (broad SMARTS) is 1. The van der Waals surface area contributed by atoms with E-state index in [2.05, 4.69) is 154 Å². The summed E-state index contributed by atoms with van der Waals surface area (Å²) in [4.78, 5) is 95.3. The molecule has 6 aromatic carbocycles. The van der Waals surface area contributed by atoms with Crippen LogP contribution in [0.2, 0.25) is 0 Å². The summed E-state index contributed by atoms with van der Waals surface area (Å²) < 4.78 is 156. The molecule has 686 valence electrons. The maximum absolute atomic E-state index is 12.7. The summed E-state index contributed by atoms with van der Waals surface area (Å²) >= 11 is 16.8. The minimum absolute atomic E-state index is 0.0717. The molecule has 29 nitrogen and oxygen atoms in total. The molecule has 0 atom stereocenters. The van der Waals surface area contributed by atoms with Gasteiger partial charge in [0.1, 0.15) is 5.76 Å². The van der Waals surface area contributed by atoms with Gasteiger partial charge in [-0.2, -0.15) is 0 Å². The van der Waals surface area contributed by atoms with E-state index in [1.165, 1.54) is 102 Å². The lowest BCUT2D eigenvalue weighted by Gasteiger charge is -2.15. The van der Waals surface area contributed by atoms with Gasteiger partial charge in [0, 0.05) is 163 Å². The Kier molecular flexibility index (Phi) is 33.1. The van der Waals surface area contributed by atoms with Crippen LogP contribution in [0.1, 0.15) is 136 Å². The van der Waals surface area contributed by atoms with Crippen molar-refractivity contribution in [1.29, 1.82) is 0 Å². The molecule has 0 saturated heterocycles. The number of esters is 3. The van der Waals surface area contributed by atoms with Gasteiger partial charge in [-0.25, -0.2) is 74.7 Å². The van der Waals surface area contributed by atoms with Crippen LogP contribution < -0.4 is 9.64 Å². The number of ether oxygens (including phenoxy) is 3. The van der Waals surface area contributed by atoms with Crippen LogP contribution in [-0.2, 0) is 137 Å². The molecule has 0 fully saturated rings. The Labute approximate surface area is 804 Å². The average Bonchev–Trinajstić information content (AvgIpc) is 1.62. The van der Waals surface area contributed by atoms with Crippen LogP contribution in [0.25, 0.3) is 11.8 Å². The number of carbonyl (C=O) groups is 6. The maximum atomic E-state index is 12.7. The molecule has 12 aromatic rings. The topological polar surface area (TPSA) is 436 Å². The minimum atomic E-state index is -3.38. The summed E-state index contributed by atoms with van der Waals surface area (Å²) in [7, 11) is -15.5. The second-order valence-corrected chi connectivity index (χ2v) is 47.3. The summed E-state index contributed by atoms with van der Waals surface area (Å²) in [6.07, 6.45) is 23.9. The number of carboxylic acids is 1. The molecule has 0 amide bonds. The van der Waals surface area contributed by atoms with Crippen molar-refractivity contribution in [3.63, 3.8) is 0 Å². The van der Waals surface area contributed by atoms with Crippen molar-refractivity contribution in [1.82, 2.24) is 29.9 Å². The molecule has 3 aliphatic carbocycles. The number of ketones is 1. The second-order valence-electron chi connectivity index (χ2n) is 30.6. The molecule has 0 bridgehead atoms. The van der Waals surface area contributed by atoms with Gasteiger partial charge in [0.15, 0.2) is 64.8 Å². The molecule has 6 aromatic heterocycles. The van der Waals surface area contributed by atoms with E-state index >= 15 is 0 Å².